The lowest BCUT2D eigenvalue weighted by Gasteiger charge is -2.24. The minimum Gasteiger partial charge on any atom is -0.352 e. The SMILES string of the molecule is CCN(CC)CC1CCN(C(=NC)NCc2c(C)nn(C)c2C)C1. The van der Waals surface area contributed by atoms with Crippen LogP contribution in [0.5, 0.6) is 0 Å². The van der Waals surface area contributed by atoms with E-state index in [0.717, 1.165) is 50.3 Å². The van der Waals surface area contributed by atoms with Crippen molar-refractivity contribution in [2.24, 2.45) is 18.0 Å². The van der Waals surface area contributed by atoms with Gasteiger partial charge in [-0.05, 0) is 39.3 Å². The van der Waals surface area contributed by atoms with E-state index in [-0.39, 0.29) is 0 Å². The van der Waals surface area contributed by atoms with E-state index in [9.17, 15) is 0 Å². The van der Waals surface area contributed by atoms with Crippen LogP contribution < -0.4 is 5.32 Å². The summed E-state index contributed by atoms with van der Waals surface area (Å²) in [6.45, 7) is 15.1. The Morgan fingerprint density at radius 1 is 1.33 bits per heavy atom. The highest BCUT2D eigenvalue weighted by Gasteiger charge is 2.26. The van der Waals surface area contributed by atoms with Gasteiger partial charge in [0, 0.05) is 51.5 Å². The molecule has 0 saturated carbocycles. The number of aryl methyl sites for hydroxylation is 2. The lowest BCUT2D eigenvalue weighted by Crippen LogP contribution is -2.40. The van der Waals surface area contributed by atoms with Crippen LogP contribution in [0, 0.1) is 19.8 Å². The highest BCUT2D eigenvalue weighted by molar-refractivity contribution is 5.80. The van der Waals surface area contributed by atoms with Gasteiger partial charge in [-0.15, -0.1) is 0 Å². The van der Waals surface area contributed by atoms with E-state index in [1.165, 1.54) is 24.2 Å². The largest absolute Gasteiger partial charge is 0.352 e. The summed E-state index contributed by atoms with van der Waals surface area (Å²) in [4.78, 5) is 9.41. The molecule has 1 fully saturated rings. The predicted octanol–water partition coefficient (Wildman–Crippen LogP) is 1.78. The van der Waals surface area contributed by atoms with Crippen LogP contribution in [0.15, 0.2) is 4.99 Å². The number of nitrogens with zero attached hydrogens (tertiary/aromatic N) is 5. The zero-order valence-corrected chi connectivity index (χ0v) is 16.3. The summed E-state index contributed by atoms with van der Waals surface area (Å²) in [5.41, 5.74) is 3.59. The third-order valence-electron chi connectivity index (χ3n) is 5.29. The Kier molecular flexibility index (Phi) is 6.66. The lowest BCUT2D eigenvalue weighted by molar-refractivity contribution is 0.255. The van der Waals surface area contributed by atoms with Gasteiger partial charge in [0.25, 0.3) is 0 Å². The molecule has 0 aromatic carbocycles. The van der Waals surface area contributed by atoms with Gasteiger partial charge in [-0.3, -0.25) is 9.67 Å². The Balaban J connectivity index is 1.91. The molecule has 2 heterocycles. The molecule has 1 unspecified atom stereocenters. The molecule has 0 amide bonds. The van der Waals surface area contributed by atoms with Crippen LogP contribution >= 0.6 is 0 Å². The Hall–Kier alpha value is -1.56. The molecule has 136 valence electrons. The number of aliphatic imine (C=N–C) groups is 1. The molecule has 6 heteroatoms. The summed E-state index contributed by atoms with van der Waals surface area (Å²) in [6.07, 6.45) is 1.25. The lowest BCUT2D eigenvalue weighted by atomic mass is 10.1. The average molecular weight is 335 g/mol. The van der Waals surface area contributed by atoms with Crippen molar-refractivity contribution in [2.45, 2.75) is 40.7 Å². The maximum Gasteiger partial charge on any atom is 0.193 e. The minimum atomic E-state index is 0.741. The summed E-state index contributed by atoms with van der Waals surface area (Å²) in [5.74, 6) is 1.75. The topological polar surface area (TPSA) is 48.7 Å². The van der Waals surface area contributed by atoms with Crippen LogP contribution in [0.4, 0.5) is 0 Å². The van der Waals surface area contributed by atoms with Gasteiger partial charge in [0.1, 0.15) is 0 Å². The van der Waals surface area contributed by atoms with Crippen molar-refractivity contribution in [3.05, 3.63) is 17.0 Å². The van der Waals surface area contributed by atoms with Crippen LogP contribution in [-0.4, -0.2) is 65.3 Å². The van der Waals surface area contributed by atoms with Gasteiger partial charge < -0.3 is 15.1 Å². The Morgan fingerprint density at radius 2 is 2.04 bits per heavy atom. The van der Waals surface area contributed by atoms with Crippen LogP contribution in [0.2, 0.25) is 0 Å². The molecule has 1 N–H and O–H groups in total. The van der Waals surface area contributed by atoms with Crippen molar-refractivity contribution < 1.29 is 0 Å². The number of guanidine groups is 1. The minimum absolute atomic E-state index is 0.741. The van der Waals surface area contributed by atoms with E-state index in [2.05, 4.69) is 52.9 Å². The molecule has 0 bridgehead atoms. The number of aromatic nitrogens is 2. The summed E-state index contributed by atoms with van der Waals surface area (Å²) < 4.78 is 1.95. The quantitative estimate of drug-likeness (QED) is 0.636. The number of hydrogen-bond donors (Lipinski definition) is 1. The van der Waals surface area contributed by atoms with Crippen LogP contribution in [0.3, 0.4) is 0 Å². The van der Waals surface area contributed by atoms with Crippen molar-refractivity contribution in [1.29, 1.82) is 0 Å². The Labute approximate surface area is 146 Å². The third kappa shape index (κ3) is 4.29. The molecule has 1 aliphatic rings. The van der Waals surface area contributed by atoms with Crippen LogP contribution in [0.25, 0.3) is 0 Å². The molecule has 1 aromatic rings. The van der Waals surface area contributed by atoms with E-state index in [1.54, 1.807) is 0 Å². The second-order valence-corrected chi connectivity index (χ2v) is 6.76. The van der Waals surface area contributed by atoms with Gasteiger partial charge in [-0.2, -0.15) is 5.10 Å². The first-order valence-corrected chi connectivity index (χ1v) is 9.17. The molecule has 1 atom stereocenters. The fourth-order valence-electron chi connectivity index (χ4n) is 3.59. The van der Waals surface area contributed by atoms with Gasteiger partial charge >= 0.3 is 0 Å². The standard InChI is InChI=1S/C18H34N6/c1-7-23(8-2)12-16-9-10-24(13-16)18(19-5)20-11-17-14(3)21-22(6)15(17)4/h16H,7-13H2,1-6H3,(H,19,20). The highest BCUT2D eigenvalue weighted by Crippen LogP contribution is 2.18. The van der Waals surface area contributed by atoms with Crippen LogP contribution in [-0.2, 0) is 13.6 Å². The molecule has 1 aliphatic heterocycles. The molecular weight excluding hydrogens is 300 g/mol. The molecule has 0 spiro atoms. The van der Waals surface area contributed by atoms with E-state index < -0.39 is 0 Å². The first-order chi connectivity index (χ1) is 11.5. The first kappa shape index (κ1) is 18.8. The highest BCUT2D eigenvalue weighted by atomic mass is 15.3. The molecular formula is C18H34N6. The average Bonchev–Trinajstić information content (AvgIpc) is 3.12. The number of nitrogens with one attached hydrogen (secondary N) is 1. The maximum atomic E-state index is 4.50. The first-order valence-electron chi connectivity index (χ1n) is 9.17. The maximum absolute atomic E-state index is 4.50. The fraction of sp³-hybridized carbons (Fsp3) is 0.778. The predicted molar refractivity (Wildman–Crippen MR) is 100 cm³/mol. The normalized spacial score (nSPS) is 18.7. The van der Waals surface area contributed by atoms with E-state index in [1.807, 2.05) is 18.8 Å². The summed E-state index contributed by atoms with van der Waals surface area (Å²) in [6, 6.07) is 0. The number of likely N-dealkylation sites (tertiary alicyclic amines) is 1. The van der Waals surface area contributed by atoms with E-state index in [0.29, 0.717) is 0 Å². The zero-order chi connectivity index (χ0) is 17.7. The second kappa shape index (κ2) is 8.51. The van der Waals surface area contributed by atoms with Gasteiger partial charge in [0.15, 0.2) is 5.96 Å². The van der Waals surface area contributed by atoms with Gasteiger partial charge in [-0.1, -0.05) is 13.8 Å². The van der Waals surface area contributed by atoms with Crippen molar-refractivity contribution in [3.8, 4) is 0 Å². The molecule has 1 saturated heterocycles. The van der Waals surface area contributed by atoms with Gasteiger partial charge in [-0.25, -0.2) is 0 Å². The molecule has 0 radical (unpaired) electrons. The summed E-state index contributed by atoms with van der Waals surface area (Å²) >= 11 is 0. The second-order valence-electron chi connectivity index (χ2n) is 6.76. The van der Waals surface area contributed by atoms with Crippen molar-refractivity contribution in [1.82, 2.24) is 24.9 Å². The number of hydrogen-bond acceptors (Lipinski definition) is 3. The van der Waals surface area contributed by atoms with Gasteiger partial charge in [0.2, 0.25) is 0 Å². The molecule has 2 rings (SSSR count). The summed E-state index contributed by atoms with van der Waals surface area (Å²) in [5, 5.41) is 8.03. The molecule has 0 aliphatic carbocycles. The van der Waals surface area contributed by atoms with Crippen molar-refractivity contribution in [2.75, 3.05) is 39.8 Å². The number of rotatable bonds is 6. The van der Waals surface area contributed by atoms with Crippen molar-refractivity contribution in [3.63, 3.8) is 0 Å². The molecule has 24 heavy (non-hydrogen) atoms. The summed E-state index contributed by atoms with van der Waals surface area (Å²) in [7, 11) is 3.88. The van der Waals surface area contributed by atoms with Crippen LogP contribution in [0.1, 0.15) is 37.2 Å². The molecule has 6 nitrogen and oxygen atoms in total. The zero-order valence-electron chi connectivity index (χ0n) is 16.3. The molecule has 1 aromatic heterocycles. The fourth-order valence-corrected chi connectivity index (χ4v) is 3.59. The monoisotopic (exact) mass is 334 g/mol. The third-order valence-corrected chi connectivity index (χ3v) is 5.29. The van der Waals surface area contributed by atoms with Crippen molar-refractivity contribution >= 4 is 5.96 Å². The smallest absolute Gasteiger partial charge is 0.193 e. The Morgan fingerprint density at radius 3 is 2.58 bits per heavy atom. The van der Waals surface area contributed by atoms with E-state index >= 15 is 0 Å². The van der Waals surface area contributed by atoms with Gasteiger partial charge in [0.05, 0.1) is 5.69 Å². The Bertz CT molecular complexity index is 558. The van der Waals surface area contributed by atoms with E-state index in [4.69, 9.17) is 0 Å².